The van der Waals surface area contributed by atoms with E-state index in [0.717, 1.165) is 35.3 Å². The van der Waals surface area contributed by atoms with E-state index < -0.39 is 0 Å². The normalized spacial score (nSPS) is 12.6. The fraction of sp³-hybridized carbons (Fsp3) is 0.375. The molecule has 0 amide bonds. The van der Waals surface area contributed by atoms with Crippen molar-refractivity contribution < 1.29 is 4.74 Å². The van der Waals surface area contributed by atoms with Crippen molar-refractivity contribution in [3.63, 3.8) is 0 Å². The highest BCUT2D eigenvalue weighted by molar-refractivity contribution is 5.79. The molecule has 0 aliphatic rings. The molecule has 2 heterocycles. The van der Waals surface area contributed by atoms with E-state index in [4.69, 9.17) is 4.74 Å². The minimum absolute atomic E-state index is 0.365. The maximum atomic E-state index is 5.82. The summed E-state index contributed by atoms with van der Waals surface area (Å²) in [6.07, 6.45) is 1.87. The molecule has 7 heteroatoms. The molecule has 3 aromatic rings. The molecule has 1 unspecified atom stereocenters. The van der Waals surface area contributed by atoms with Crippen LogP contribution in [0.4, 0.5) is 0 Å². The molecule has 0 fully saturated rings. The zero-order valence-corrected chi connectivity index (χ0v) is 18.8. The second-order valence-electron chi connectivity index (χ2n) is 7.78. The van der Waals surface area contributed by atoms with E-state index in [1.807, 2.05) is 55.1 Å². The summed E-state index contributed by atoms with van der Waals surface area (Å²) in [6.45, 7) is 8.92. The number of aliphatic imine (C=N–C) groups is 1. The molecule has 2 N–H and O–H groups in total. The number of aryl methyl sites for hydroxylation is 2. The summed E-state index contributed by atoms with van der Waals surface area (Å²) in [7, 11) is 1.77. The number of benzene rings is 1. The third-order valence-electron chi connectivity index (χ3n) is 4.85. The average Bonchev–Trinajstić information content (AvgIpc) is 3.13. The van der Waals surface area contributed by atoms with Crippen LogP contribution in [-0.2, 0) is 17.9 Å². The number of hydrogen-bond donors (Lipinski definition) is 2. The van der Waals surface area contributed by atoms with Crippen molar-refractivity contribution in [3.05, 3.63) is 77.2 Å². The Morgan fingerprint density at radius 3 is 2.55 bits per heavy atom. The highest BCUT2D eigenvalue weighted by Crippen LogP contribution is 2.10. The van der Waals surface area contributed by atoms with E-state index in [2.05, 4.69) is 50.8 Å². The summed E-state index contributed by atoms with van der Waals surface area (Å²) in [6, 6.07) is 16.3. The van der Waals surface area contributed by atoms with Crippen molar-refractivity contribution in [1.82, 2.24) is 25.4 Å². The van der Waals surface area contributed by atoms with Crippen molar-refractivity contribution in [1.29, 1.82) is 0 Å². The molecule has 2 aromatic heterocycles. The van der Waals surface area contributed by atoms with Crippen LogP contribution in [0.15, 0.2) is 59.7 Å². The maximum absolute atomic E-state index is 5.82. The highest BCUT2D eigenvalue weighted by atomic mass is 16.5. The summed E-state index contributed by atoms with van der Waals surface area (Å²) in [5.74, 6) is 1.95. The lowest BCUT2D eigenvalue weighted by atomic mass is 10.2. The van der Waals surface area contributed by atoms with E-state index in [1.54, 1.807) is 7.05 Å². The van der Waals surface area contributed by atoms with E-state index in [-0.39, 0.29) is 0 Å². The van der Waals surface area contributed by atoms with Crippen LogP contribution in [0.1, 0.15) is 29.4 Å². The molecule has 0 radical (unpaired) electrons. The largest absolute Gasteiger partial charge is 0.376 e. The summed E-state index contributed by atoms with van der Waals surface area (Å²) in [5.41, 5.74) is 4.33. The van der Waals surface area contributed by atoms with Crippen LogP contribution >= 0.6 is 0 Å². The summed E-state index contributed by atoms with van der Waals surface area (Å²) in [4.78, 5) is 8.84. The Morgan fingerprint density at radius 1 is 1.10 bits per heavy atom. The predicted molar refractivity (Wildman–Crippen MR) is 124 cm³/mol. The van der Waals surface area contributed by atoms with Gasteiger partial charge in [-0.05, 0) is 43.0 Å². The van der Waals surface area contributed by atoms with Gasteiger partial charge in [0.05, 0.1) is 18.9 Å². The number of nitrogens with one attached hydrogen (secondary N) is 2. The van der Waals surface area contributed by atoms with Crippen LogP contribution in [0.2, 0.25) is 0 Å². The van der Waals surface area contributed by atoms with Gasteiger partial charge in [0, 0.05) is 32.0 Å². The molecule has 0 bridgehead atoms. The van der Waals surface area contributed by atoms with Gasteiger partial charge in [0.2, 0.25) is 0 Å². The van der Waals surface area contributed by atoms with E-state index in [1.165, 1.54) is 5.56 Å². The van der Waals surface area contributed by atoms with Gasteiger partial charge in [0.25, 0.3) is 0 Å². The van der Waals surface area contributed by atoms with Gasteiger partial charge in [0.15, 0.2) is 11.8 Å². The number of nitrogens with zero attached hydrogens (tertiary/aromatic N) is 4. The van der Waals surface area contributed by atoms with Crippen molar-refractivity contribution in [2.45, 2.75) is 33.9 Å². The van der Waals surface area contributed by atoms with E-state index in [9.17, 15) is 0 Å². The molecule has 1 atom stereocenters. The van der Waals surface area contributed by atoms with Crippen molar-refractivity contribution in [2.75, 3.05) is 20.2 Å². The molecule has 0 saturated heterocycles. The Bertz CT molecular complexity index is 965. The Labute approximate surface area is 184 Å². The SMILES string of the molecule is CN=C(NCc1ccc(-n2nc(C)cc2C)nc1)NCC(C)COCc1ccccc1. The highest BCUT2D eigenvalue weighted by Gasteiger charge is 2.07. The van der Waals surface area contributed by atoms with Crippen LogP contribution in [0.3, 0.4) is 0 Å². The number of guanidine groups is 1. The Hall–Kier alpha value is -3.19. The molecule has 164 valence electrons. The van der Waals surface area contributed by atoms with Crippen molar-refractivity contribution >= 4 is 5.96 Å². The molecular formula is C24H32N6O. The second-order valence-corrected chi connectivity index (χ2v) is 7.78. The Morgan fingerprint density at radius 2 is 1.90 bits per heavy atom. The van der Waals surface area contributed by atoms with Gasteiger partial charge in [-0.2, -0.15) is 5.10 Å². The lowest BCUT2D eigenvalue weighted by molar-refractivity contribution is 0.0931. The van der Waals surface area contributed by atoms with Crippen molar-refractivity contribution in [2.24, 2.45) is 10.9 Å². The minimum atomic E-state index is 0.365. The van der Waals surface area contributed by atoms with E-state index in [0.29, 0.717) is 25.7 Å². The predicted octanol–water partition coefficient (Wildman–Crippen LogP) is 3.40. The fourth-order valence-electron chi connectivity index (χ4n) is 3.20. The van der Waals surface area contributed by atoms with Gasteiger partial charge in [0.1, 0.15) is 0 Å². The number of ether oxygens (including phenoxy) is 1. The molecule has 3 rings (SSSR count). The van der Waals surface area contributed by atoms with Crippen LogP contribution in [0.5, 0.6) is 0 Å². The van der Waals surface area contributed by atoms with Gasteiger partial charge in [-0.3, -0.25) is 4.99 Å². The average molecular weight is 421 g/mol. The van der Waals surface area contributed by atoms with Gasteiger partial charge in [-0.15, -0.1) is 0 Å². The molecule has 7 nitrogen and oxygen atoms in total. The van der Waals surface area contributed by atoms with Crippen LogP contribution in [0.25, 0.3) is 5.82 Å². The van der Waals surface area contributed by atoms with Gasteiger partial charge in [-0.25, -0.2) is 9.67 Å². The number of pyridine rings is 1. The number of rotatable bonds is 9. The monoisotopic (exact) mass is 420 g/mol. The first-order valence-electron chi connectivity index (χ1n) is 10.6. The molecule has 0 saturated carbocycles. The molecule has 0 aliphatic heterocycles. The number of aromatic nitrogens is 3. The summed E-state index contributed by atoms with van der Waals surface area (Å²) < 4.78 is 7.67. The maximum Gasteiger partial charge on any atom is 0.191 e. The van der Waals surface area contributed by atoms with Gasteiger partial charge < -0.3 is 15.4 Å². The fourth-order valence-corrected chi connectivity index (χ4v) is 3.20. The first-order chi connectivity index (χ1) is 15.0. The second kappa shape index (κ2) is 11.3. The molecular weight excluding hydrogens is 388 g/mol. The quantitative estimate of drug-likeness (QED) is 0.410. The van der Waals surface area contributed by atoms with Crippen LogP contribution < -0.4 is 10.6 Å². The zero-order valence-electron chi connectivity index (χ0n) is 18.8. The lowest BCUT2D eigenvalue weighted by Crippen LogP contribution is -2.39. The smallest absolute Gasteiger partial charge is 0.191 e. The van der Waals surface area contributed by atoms with Gasteiger partial charge >= 0.3 is 0 Å². The van der Waals surface area contributed by atoms with E-state index >= 15 is 0 Å². The summed E-state index contributed by atoms with van der Waals surface area (Å²) >= 11 is 0. The zero-order chi connectivity index (χ0) is 22.1. The lowest BCUT2D eigenvalue weighted by Gasteiger charge is -2.16. The third-order valence-corrected chi connectivity index (χ3v) is 4.85. The standard InChI is InChI=1S/C24H32N6O/c1-18(16-31-17-21-8-6-5-7-9-21)13-27-24(25-4)28-15-22-10-11-23(26-14-22)30-20(3)12-19(2)29-30/h5-12,14,18H,13,15-17H2,1-4H3,(H2,25,27,28). The Balaban J connectivity index is 1.40. The summed E-state index contributed by atoms with van der Waals surface area (Å²) in [5, 5.41) is 11.2. The molecule has 0 spiro atoms. The minimum Gasteiger partial charge on any atom is -0.376 e. The van der Waals surface area contributed by atoms with Crippen LogP contribution in [-0.4, -0.2) is 40.9 Å². The first-order valence-corrected chi connectivity index (χ1v) is 10.6. The third kappa shape index (κ3) is 6.93. The first kappa shape index (κ1) is 22.5. The molecule has 31 heavy (non-hydrogen) atoms. The topological polar surface area (TPSA) is 76.4 Å². The van der Waals surface area contributed by atoms with Crippen LogP contribution in [0, 0.1) is 19.8 Å². The molecule has 0 aliphatic carbocycles. The molecule has 1 aromatic carbocycles. The van der Waals surface area contributed by atoms with Gasteiger partial charge in [-0.1, -0.05) is 43.3 Å². The number of hydrogen-bond acceptors (Lipinski definition) is 4. The van der Waals surface area contributed by atoms with Crippen molar-refractivity contribution in [3.8, 4) is 5.82 Å². The Kier molecular flexibility index (Phi) is 8.18.